The first kappa shape index (κ1) is 16.7. The molecule has 0 radical (unpaired) electrons. The van der Waals surface area contributed by atoms with Gasteiger partial charge in [-0.25, -0.2) is 0 Å². The van der Waals surface area contributed by atoms with E-state index in [0.29, 0.717) is 0 Å². The topological polar surface area (TPSA) is 58.2 Å². The molecule has 1 aliphatic rings. The van der Waals surface area contributed by atoms with Gasteiger partial charge in [0.1, 0.15) is 6.04 Å². The van der Waals surface area contributed by atoms with Gasteiger partial charge in [-0.2, -0.15) is 0 Å². The zero-order valence-electron chi connectivity index (χ0n) is 13.4. The lowest BCUT2D eigenvalue weighted by Gasteiger charge is -2.22. The molecule has 1 saturated carbocycles. The van der Waals surface area contributed by atoms with Gasteiger partial charge >= 0.3 is 0 Å². The zero-order chi connectivity index (χ0) is 17.2. The summed E-state index contributed by atoms with van der Waals surface area (Å²) in [5, 5.41) is 5.57. The number of amides is 2. The van der Waals surface area contributed by atoms with Crippen molar-refractivity contribution in [3.05, 3.63) is 70.2 Å². The molecule has 124 valence electrons. The van der Waals surface area contributed by atoms with E-state index >= 15 is 0 Å². The molecule has 1 atom stereocenters. The summed E-state index contributed by atoms with van der Waals surface area (Å²) in [7, 11) is 1.58. The Morgan fingerprint density at radius 3 is 2.38 bits per heavy atom. The van der Waals surface area contributed by atoms with Gasteiger partial charge in [0.2, 0.25) is 11.8 Å². The highest BCUT2D eigenvalue weighted by atomic mass is 79.9. The molecule has 0 bridgehead atoms. The molecule has 0 heterocycles. The molecule has 0 saturated heterocycles. The standard InChI is InChI=1S/C19H19BrN2O2/c1-21-17(23)16(13-6-3-2-4-7-13)22-18(24)19(10-11-19)14-8-5-9-15(20)12-14/h2-9,12,16H,10-11H2,1H3,(H,21,23)(H,22,24). The lowest BCUT2D eigenvalue weighted by Crippen LogP contribution is -2.43. The maximum atomic E-state index is 12.9. The van der Waals surface area contributed by atoms with E-state index in [9.17, 15) is 9.59 Å². The second kappa shape index (κ2) is 6.77. The van der Waals surface area contributed by atoms with E-state index < -0.39 is 11.5 Å². The van der Waals surface area contributed by atoms with Crippen LogP contribution in [0.4, 0.5) is 0 Å². The highest BCUT2D eigenvalue weighted by Gasteiger charge is 2.52. The van der Waals surface area contributed by atoms with Crippen molar-refractivity contribution in [3.8, 4) is 0 Å². The Labute approximate surface area is 149 Å². The molecule has 0 aliphatic heterocycles. The van der Waals surface area contributed by atoms with E-state index in [1.165, 1.54) is 0 Å². The molecule has 1 aliphatic carbocycles. The highest BCUT2D eigenvalue weighted by Crippen LogP contribution is 2.49. The Balaban J connectivity index is 1.85. The van der Waals surface area contributed by atoms with Gasteiger partial charge in [-0.1, -0.05) is 58.4 Å². The first-order chi connectivity index (χ1) is 11.6. The van der Waals surface area contributed by atoms with E-state index in [-0.39, 0.29) is 11.8 Å². The van der Waals surface area contributed by atoms with Crippen molar-refractivity contribution in [1.29, 1.82) is 0 Å². The molecule has 3 rings (SSSR count). The van der Waals surface area contributed by atoms with Gasteiger partial charge in [-0.3, -0.25) is 9.59 Å². The Kier molecular flexibility index (Phi) is 4.71. The molecule has 1 unspecified atom stereocenters. The van der Waals surface area contributed by atoms with Crippen LogP contribution in [0, 0.1) is 0 Å². The van der Waals surface area contributed by atoms with Crippen molar-refractivity contribution in [2.24, 2.45) is 0 Å². The summed E-state index contributed by atoms with van der Waals surface area (Å²) in [6.07, 6.45) is 1.59. The fraction of sp³-hybridized carbons (Fsp3) is 0.263. The second-order valence-electron chi connectivity index (χ2n) is 6.02. The summed E-state index contributed by atoms with van der Waals surface area (Å²) in [5.41, 5.74) is 1.23. The molecule has 24 heavy (non-hydrogen) atoms. The molecule has 5 heteroatoms. The van der Waals surface area contributed by atoms with Gasteiger partial charge in [0.15, 0.2) is 0 Å². The number of rotatable bonds is 5. The van der Waals surface area contributed by atoms with Crippen LogP contribution in [-0.2, 0) is 15.0 Å². The number of carbonyl (C=O) groups excluding carboxylic acids is 2. The predicted molar refractivity (Wildman–Crippen MR) is 96.4 cm³/mol. The largest absolute Gasteiger partial charge is 0.357 e. The molecule has 2 amide bonds. The van der Waals surface area contributed by atoms with Crippen LogP contribution in [0.3, 0.4) is 0 Å². The lowest BCUT2D eigenvalue weighted by molar-refractivity contribution is -0.130. The number of carbonyl (C=O) groups is 2. The van der Waals surface area contributed by atoms with Crippen LogP contribution >= 0.6 is 15.9 Å². The molecular formula is C19H19BrN2O2. The smallest absolute Gasteiger partial charge is 0.246 e. The second-order valence-corrected chi connectivity index (χ2v) is 6.94. The third-order valence-corrected chi connectivity index (χ3v) is 4.97. The zero-order valence-corrected chi connectivity index (χ0v) is 15.0. The van der Waals surface area contributed by atoms with Gasteiger partial charge in [-0.05, 0) is 36.1 Å². The van der Waals surface area contributed by atoms with Gasteiger partial charge in [0, 0.05) is 11.5 Å². The fourth-order valence-electron chi connectivity index (χ4n) is 2.92. The molecule has 0 aromatic heterocycles. The maximum absolute atomic E-state index is 12.9. The van der Waals surface area contributed by atoms with Crippen LogP contribution < -0.4 is 10.6 Å². The average Bonchev–Trinajstić information content (AvgIpc) is 3.41. The normalized spacial score (nSPS) is 16.1. The van der Waals surface area contributed by atoms with Crippen molar-refractivity contribution in [3.63, 3.8) is 0 Å². The number of halogens is 1. The minimum Gasteiger partial charge on any atom is -0.357 e. The van der Waals surface area contributed by atoms with Crippen molar-refractivity contribution < 1.29 is 9.59 Å². The Morgan fingerprint density at radius 1 is 1.08 bits per heavy atom. The summed E-state index contributed by atoms with van der Waals surface area (Å²) in [5.74, 6) is -0.322. The molecule has 2 N–H and O–H groups in total. The predicted octanol–water partition coefficient (Wildman–Crippen LogP) is 3.08. The fourth-order valence-corrected chi connectivity index (χ4v) is 3.32. The van der Waals surface area contributed by atoms with Crippen LogP contribution in [0.25, 0.3) is 0 Å². The summed E-state index contributed by atoms with van der Waals surface area (Å²) >= 11 is 3.46. The molecular weight excluding hydrogens is 368 g/mol. The number of hydrogen-bond donors (Lipinski definition) is 2. The molecule has 0 spiro atoms. The monoisotopic (exact) mass is 386 g/mol. The Morgan fingerprint density at radius 2 is 1.79 bits per heavy atom. The van der Waals surface area contributed by atoms with E-state index in [2.05, 4.69) is 26.6 Å². The summed E-state index contributed by atoms with van der Waals surface area (Å²) in [6, 6.07) is 16.4. The molecule has 2 aromatic carbocycles. The van der Waals surface area contributed by atoms with E-state index in [1.807, 2.05) is 54.6 Å². The Bertz CT molecular complexity index is 757. The van der Waals surface area contributed by atoms with E-state index in [1.54, 1.807) is 7.05 Å². The van der Waals surface area contributed by atoms with Crippen LogP contribution in [0.1, 0.15) is 30.0 Å². The van der Waals surface area contributed by atoms with Gasteiger partial charge in [0.05, 0.1) is 5.41 Å². The summed E-state index contributed by atoms with van der Waals surface area (Å²) < 4.78 is 0.949. The minimum absolute atomic E-state index is 0.0990. The lowest BCUT2D eigenvalue weighted by atomic mass is 9.94. The van der Waals surface area contributed by atoms with Crippen LogP contribution in [0.5, 0.6) is 0 Å². The van der Waals surface area contributed by atoms with Gasteiger partial charge < -0.3 is 10.6 Å². The van der Waals surface area contributed by atoms with Gasteiger partial charge in [0.25, 0.3) is 0 Å². The van der Waals surface area contributed by atoms with Crippen molar-refractivity contribution >= 4 is 27.7 Å². The summed E-state index contributed by atoms with van der Waals surface area (Å²) in [6.45, 7) is 0. The number of benzene rings is 2. The molecule has 1 fully saturated rings. The first-order valence-electron chi connectivity index (χ1n) is 7.90. The van der Waals surface area contributed by atoms with Crippen molar-refractivity contribution in [1.82, 2.24) is 10.6 Å². The molecule has 4 nitrogen and oxygen atoms in total. The SMILES string of the molecule is CNC(=O)C(NC(=O)C1(c2cccc(Br)c2)CC1)c1ccccc1. The first-order valence-corrected chi connectivity index (χ1v) is 8.70. The van der Waals surface area contributed by atoms with Crippen molar-refractivity contribution in [2.45, 2.75) is 24.3 Å². The van der Waals surface area contributed by atoms with Crippen molar-refractivity contribution in [2.75, 3.05) is 7.05 Å². The van der Waals surface area contributed by atoms with Crippen LogP contribution in [0.15, 0.2) is 59.1 Å². The summed E-state index contributed by atoms with van der Waals surface area (Å²) in [4.78, 5) is 25.2. The van der Waals surface area contributed by atoms with E-state index in [4.69, 9.17) is 0 Å². The van der Waals surface area contributed by atoms with Crippen LogP contribution in [0.2, 0.25) is 0 Å². The number of likely N-dealkylation sites (N-methyl/N-ethyl adjacent to an activating group) is 1. The molecule has 2 aromatic rings. The highest BCUT2D eigenvalue weighted by molar-refractivity contribution is 9.10. The minimum atomic E-state index is -0.687. The number of hydrogen-bond acceptors (Lipinski definition) is 2. The number of nitrogens with one attached hydrogen (secondary N) is 2. The third kappa shape index (κ3) is 3.22. The quantitative estimate of drug-likeness (QED) is 0.829. The van der Waals surface area contributed by atoms with Crippen LogP contribution in [-0.4, -0.2) is 18.9 Å². The van der Waals surface area contributed by atoms with Gasteiger partial charge in [-0.15, -0.1) is 0 Å². The third-order valence-electron chi connectivity index (χ3n) is 4.48. The average molecular weight is 387 g/mol. The Hall–Kier alpha value is -2.14. The maximum Gasteiger partial charge on any atom is 0.246 e. The van der Waals surface area contributed by atoms with E-state index in [0.717, 1.165) is 28.4 Å².